The molecule has 0 spiro atoms. The van der Waals surface area contributed by atoms with Gasteiger partial charge in [0.2, 0.25) is 41.4 Å². The van der Waals surface area contributed by atoms with Crippen LogP contribution in [0.5, 0.6) is 0 Å². The minimum atomic E-state index is -2.15. The Morgan fingerprint density at radius 1 is 0.408 bits per heavy atom. The third kappa shape index (κ3) is 44.1. The van der Waals surface area contributed by atoms with Gasteiger partial charge in [-0.1, -0.05) is 32.9 Å². The number of hydrogen-bond acceptors (Lipinski definition) is 36. The van der Waals surface area contributed by atoms with E-state index in [1.165, 1.54) is 4.90 Å². The quantitative estimate of drug-likeness (QED) is 0.0213. The van der Waals surface area contributed by atoms with Crippen LogP contribution >= 0.6 is 0 Å². The first-order valence-electron chi connectivity index (χ1n) is 41.6. The number of aliphatic hydroxyl groups is 20. The van der Waals surface area contributed by atoms with Crippen molar-refractivity contribution in [1.29, 1.82) is 0 Å². The number of urea groups is 1. The van der Waals surface area contributed by atoms with Gasteiger partial charge in [0.15, 0.2) is 0 Å². The fourth-order valence-electron chi connectivity index (χ4n) is 12.6. The van der Waals surface area contributed by atoms with E-state index in [1.807, 2.05) is 19.1 Å². The number of aliphatic hydroxyl groups excluding tert-OH is 20. The van der Waals surface area contributed by atoms with Crippen molar-refractivity contribution in [3.8, 4) is 0 Å². The Kier molecular flexibility index (Phi) is 56.5. The van der Waals surface area contributed by atoms with Gasteiger partial charge in [-0.3, -0.25) is 57.9 Å². The maximum absolute atomic E-state index is 14.8. The maximum atomic E-state index is 14.8. The molecule has 0 saturated carbocycles. The average molecular weight is 1800 g/mol. The monoisotopic (exact) mass is 1800 g/mol. The topological polar surface area (TPSA) is 772 Å². The third-order valence-electron chi connectivity index (χ3n) is 20.3. The lowest BCUT2D eigenvalue weighted by atomic mass is 10.0. The Morgan fingerprint density at radius 3 is 1.19 bits per heavy atom. The van der Waals surface area contributed by atoms with Crippen molar-refractivity contribution in [2.24, 2.45) is 11.7 Å². The van der Waals surface area contributed by atoms with Crippen LogP contribution in [0.25, 0.3) is 0 Å². The molecule has 1 aliphatic heterocycles. The molecule has 0 unspecified atom stereocenters. The number of carboxylic acid groups (broad SMARTS) is 1. The summed E-state index contributed by atoms with van der Waals surface area (Å²) in [5.74, 6) is -8.86. The van der Waals surface area contributed by atoms with Gasteiger partial charge in [-0.2, -0.15) is 0 Å². The van der Waals surface area contributed by atoms with Crippen molar-refractivity contribution in [2.75, 3.05) is 130 Å². The van der Waals surface area contributed by atoms with Gasteiger partial charge in [-0.15, -0.1) is 0 Å². The number of ether oxygens (including phenoxy) is 3. The van der Waals surface area contributed by atoms with Gasteiger partial charge < -0.3 is 170 Å². The number of nitrogens with zero attached hydrogens (tertiary/aromatic N) is 3. The normalized spacial score (nSPS) is 17.5. The highest BCUT2D eigenvalue weighted by molar-refractivity contribution is 6.12. The Labute approximate surface area is 723 Å². The van der Waals surface area contributed by atoms with Gasteiger partial charge in [0.05, 0.1) is 97.0 Å². The van der Waals surface area contributed by atoms with E-state index >= 15 is 0 Å². The molecule has 125 heavy (non-hydrogen) atoms. The second-order valence-corrected chi connectivity index (χ2v) is 30.7. The summed E-state index contributed by atoms with van der Waals surface area (Å²) in [6.45, 7) is -2.44. The Hall–Kier alpha value is -7.87. The van der Waals surface area contributed by atoms with Crippen LogP contribution in [0.1, 0.15) is 116 Å². The predicted molar refractivity (Wildman–Crippen MR) is 437 cm³/mol. The number of carbonyl (C=O) groups is 11. The number of carboxylic acids is 1. The van der Waals surface area contributed by atoms with E-state index in [1.54, 1.807) is 26.0 Å². The summed E-state index contributed by atoms with van der Waals surface area (Å²) in [5, 5.41) is 236. The van der Waals surface area contributed by atoms with E-state index in [9.17, 15) is 160 Å². The molecular formula is C78H136N12O35. The van der Waals surface area contributed by atoms with Crippen molar-refractivity contribution in [2.45, 2.75) is 245 Å². The minimum absolute atomic E-state index is 0.00129. The van der Waals surface area contributed by atoms with Crippen molar-refractivity contribution in [1.82, 2.24) is 51.9 Å². The first-order chi connectivity index (χ1) is 59.2. The van der Waals surface area contributed by atoms with Gasteiger partial charge in [0, 0.05) is 76.4 Å². The van der Waals surface area contributed by atoms with E-state index in [0.717, 1.165) is 33.9 Å². The molecule has 31 N–H and O–H groups in total. The molecule has 1 aromatic carbocycles. The number of amides is 11. The van der Waals surface area contributed by atoms with E-state index in [4.69, 9.17) is 19.9 Å². The molecule has 0 saturated heterocycles. The summed E-state index contributed by atoms with van der Waals surface area (Å²) >= 11 is 0. The Balaban J connectivity index is 2.55. The molecule has 21 atom stereocenters. The number of aliphatic carboxylic acids is 1. The molecule has 2 rings (SSSR count). The number of benzene rings is 1. The molecule has 1 aromatic rings. The Morgan fingerprint density at radius 2 is 0.768 bits per heavy atom. The number of imide groups is 1. The van der Waals surface area contributed by atoms with Crippen LogP contribution in [0.15, 0.2) is 36.4 Å². The zero-order valence-electron chi connectivity index (χ0n) is 70.7. The highest BCUT2D eigenvalue weighted by Gasteiger charge is 2.39. The number of hydrogen-bond donors (Lipinski definition) is 30. The zero-order chi connectivity index (χ0) is 94.0. The molecule has 47 nitrogen and oxygen atoms in total. The predicted octanol–water partition coefficient (Wildman–Crippen LogP) is -12.1. The number of carbonyl (C=O) groups excluding carboxylic acids is 10. The van der Waals surface area contributed by atoms with Gasteiger partial charge in [0.25, 0.3) is 11.8 Å². The second kappa shape index (κ2) is 62.3. The SMILES string of the molecule is CCc1ccc(NC(=O)[C@H](CCCNC(N)=O)NC(=O)[C@@H](NC(=O)CCC(=O)NCCCC[C@H](NC(=O)[C@H](CCCCN(C[C@H](O)[C@@H](O)[C@H](O)[C@H](O)CO)C[C@H](O)[C@@H](O)[C@H](O)[C@H](O)CO)NC(=O)CCOCCOCCOCCN2C(=O)C=CC2=O)C(=O)N[C@@H](CCCCN(C[C@H](O)[C@@H](O)[C@H](O)[C@H](O)CO)C[C@H](O)[C@@H](O)[C@H](O)[C@H](O)CO)C(=O)O)C(C)C)cc1. The van der Waals surface area contributed by atoms with Crippen LogP contribution in [0.2, 0.25) is 0 Å². The van der Waals surface area contributed by atoms with Crippen LogP contribution in [-0.2, 0) is 68.6 Å². The summed E-state index contributed by atoms with van der Waals surface area (Å²) in [7, 11) is 0. The molecule has 47 heteroatoms. The number of unbranched alkanes of at least 4 members (excludes halogenated alkanes) is 3. The highest BCUT2D eigenvalue weighted by Crippen LogP contribution is 2.19. The van der Waals surface area contributed by atoms with E-state index in [0.29, 0.717) is 5.69 Å². The first kappa shape index (κ1) is 113. The Bertz CT molecular complexity index is 3290. The number of anilines is 1. The lowest BCUT2D eigenvalue weighted by molar-refractivity contribution is -0.142. The van der Waals surface area contributed by atoms with Crippen molar-refractivity contribution < 1.29 is 174 Å². The van der Waals surface area contributed by atoms with Crippen molar-refractivity contribution >= 4 is 70.9 Å². The van der Waals surface area contributed by atoms with Crippen LogP contribution < -0.4 is 48.3 Å². The molecule has 11 amide bonds. The van der Waals surface area contributed by atoms with Crippen LogP contribution in [0.4, 0.5) is 10.5 Å². The van der Waals surface area contributed by atoms with Crippen molar-refractivity contribution in [3.05, 3.63) is 42.0 Å². The number of nitrogens with one attached hydrogen (secondary N) is 8. The van der Waals surface area contributed by atoms with E-state index in [-0.39, 0.29) is 137 Å². The largest absolute Gasteiger partial charge is 0.480 e. The number of rotatable bonds is 71. The van der Waals surface area contributed by atoms with Gasteiger partial charge in [-0.25, -0.2) is 9.59 Å². The van der Waals surface area contributed by atoms with Crippen molar-refractivity contribution in [3.63, 3.8) is 0 Å². The maximum Gasteiger partial charge on any atom is 0.326 e. The minimum Gasteiger partial charge on any atom is -0.480 e. The summed E-state index contributed by atoms with van der Waals surface area (Å²) in [4.78, 5) is 149. The molecule has 0 aromatic heterocycles. The number of nitrogens with two attached hydrogens (primary N) is 1. The van der Waals surface area contributed by atoms with Gasteiger partial charge in [0.1, 0.15) is 103 Å². The standard InChI is InChI=1S/C78H136N12O35/c1-4-45-16-18-46(19-17-45)82-73(116)49(15-11-26-81-78(79)122)85-76(119)64(44(2)3)87-60(104)21-20-59(103)80-25-8-5-12-48(75(118)86-50(77(120)121)14-7-10-28-89(38-53(97)67(110)71(114)57(101)42-93)39-54(98)68(111)72(115)58(102)43-94)84-74(117)47(83-61(105)24-30-123-32-34-125-35-33-124-31-29-90-62(106)22-23-63(90)107)13-6-9-27-88(36-51(95)65(108)69(112)55(99)40-91)37-52(96)66(109)70(113)56(100)41-92/h16-19,22-23,44,47-58,64-72,91-102,108-115H,4-15,20-21,24-43H2,1-3H3,(H,80,103)(H,82,116)(H,83,105)(H,84,117)(H,85,119)(H,86,118)(H,87,104)(H,120,121)(H3,79,81,122)/t47-,48-,49-,50-,51-,52-,53-,54-,55+,56+,57+,58+,64-,65+,66+,67+,68+,69+,70+,71+,72+/m0/s1. The molecule has 1 aliphatic rings. The highest BCUT2D eigenvalue weighted by atomic mass is 16.5. The van der Waals surface area contributed by atoms with Gasteiger partial charge in [-0.05, 0) is 114 Å². The number of aryl methyl sites for hydroxylation is 1. The molecule has 0 radical (unpaired) electrons. The molecule has 0 aliphatic carbocycles. The molecule has 0 bridgehead atoms. The lowest BCUT2D eigenvalue weighted by Crippen LogP contribution is -2.55. The molecular weight excluding hydrogens is 1660 g/mol. The van der Waals surface area contributed by atoms with Crippen LogP contribution in [0.3, 0.4) is 0 Å². The van der Waals surface area contributed by atoms with Crippen LogP contribution in [-0.4, -0.2) is 440 Å². The third-order valence-corrected chi connectivity index (χ3v) is 20.3. The number of primary amides is 1. The molecule has 718 valence electrons. The average Bonchev–Trinajstić information content (AvgIpc) is 1.86. The fraction of sp³-hybridized carbons (Fsp3) is 0.756. The van der Waals surface area contributed by atoms with E-state index in [2.05, 4.69) is 42.5 Å². The molecule has 0 fully saturated rings. The zero-order valence-corrected chi connectivity index (χ0v) is 70.7. The fourth-order valence-corrected chi connectivity index (χ4v) is 12.6. The first-order valence-corrected chi connectivity index (χ1v) is 41.6. The summed E-state index contributed by atoms with van der Waals surface area (Å²) < 4.78 is 16.5. The molecule has 1 heterocycles. The van der Waals surface area contributed by atoms with Gasteiger partial charge >= 0.3 is 12.0 Å². The van der Waals surface area contributed by atoms with E-state index < -0.39 is 277 Å². The summed E-state index contributed by atoms with van der Waals surface area (Å²) in [5.41, 5.74) is 6.65. The summed E-state index contributed by atoms with van der Waals surface area (Å²) in [6.07, 6.45) is -32.3. The summed E-state index contributed by atoms with van der Waals surface area (Å²) in [6, 6.07) is -1.23. The lowest BCUT2D eigenvalue weighted by Gasteiger charge is -2.33. The van der Waals surface area contributed by atoms with Crippen LogP contribution in [0, 0.1) is 5.92 Å². The second-order valence-electron chi connectivity index (χ2n) is 30.7. The smallest absolute Gasteiger partial charge is 0.326 e.